The third-order valence-electron chi connectivity index (χ3n) is 3.46. The summed E-state index contributed by atoms with van der Waals surface area (Å²) in [6.07, 6.45) is 0.643. The molecule has 0 spiro atoms. The van der Waals surface area contributed by atoms with Crippen LogP contribution in [0.25, 0.3) is 10.2 Å². The maximum Gasteiger partial charge on any atom is 0.184 e. The molecule has 1 fully saturated rings. The maximum absolute atomic E-state index is 11.6. The normalized spacial score (nSPS) is 25.8. The zero-order chi connectivity index (χ0) is 13.7. The van der Waals surface area contributed by atoms with Gasteiger partial charge >= 0.3 is 0 Å². The van der Waals surface area contributed by atoms with Crippen molar-refractivity contribution in [3.63, 3.8) is 0 Å². The van der Waals surface area contributed by atoms with E-state index in [2.05, 4.69) is 23.3 Å². The standard InChI is InChI=1S/C13H16N2O2S2/c1-9-3-4-10-11(7-9)18-12(14-10)15-13(2)5-6-19(16,17)8-13/h3-4,7H,5-6,8H2,1-2H3,(H,14,15). The second-order valence-corrected chi connectivity index (χ2v) is 8.73. The largest absolute Gasteiger partial charge is 0.355 e. The maximum atomic E-state index is 11.6. The average molecular weight is 296 g/mol. The molecule has 1 aliphatic rings. The summed E-state index contributed by atoms with van der Waals surface area (Å²) in [5.41, 5.74) is 1.78. The minimum atomic E-state index is -2.90. The Bertz CT molecular complexity index is 736. The van der Waals surface area contributed by atoms with E-state index in [1.807, 2.05) is 19.1 Å². The lowest BCUT2D eigenvalue weighted by Gasteiger charge is -2.23. The van der Waals surface area contributed by atoms with Gasteiger partial charge in [0.05, 0.1) is 27.3 Å². The zero-order valence-corrected chi connectivity index (χ0v) is 12.6. The van der Waals surface area contributed by atoms with Gasteiger partial charge in [0.1, 0.15) is 0 Å². The van der Waals surface area contributed by atoms with Gasteiger partial charge in [-0.2, -0.15) is 0 Å². The zero-order valence-electron chi connectivity index (χ0n) is 10.9. The molecule has 1 N–H and O–H groups in total. The van der Waals surface area contributed by atoms with Crippen LogP contribution < -0.4 is 5.32 Å². The molecule has 6 heteroatoms. The fraction of sp³-hybridized carbons (Fsp3) is 0.462. The number of nitrogens with zero attached hydrogens (tertiary/aromatic N) is 1. The molecule has 1 aliphatic heterocycles. The minimum Gasteiger partial charge on any atom is -0.355 e. The van der Waals surface area contributed by atoms with E-state index >= 15 is 0 Å². The van der Waals surface area contributed by atoms with Crippen LogP contribution in [0.2, 0.25) is 0 Å². The van der Waals surface area contributed by atoms with Crippen molar-refractivity contribution in [3.05, 3.63) is 23.8 Å². The predicted molar refractivity (Wildman–Crippen MR) is 79.7 cm³/mol. The summed E-state index contributed by atoms with van der Waals surface area (Å²) in [5, 5.41) is 4.12. The fourth-order valence-electron chi connectivity index (χ4n) is 2.45. The Kier molecular flexibility index (Phi) is 2.83. The summed E-state index contributed by atoms with van der Waals surface area (Å²) in [7, 11) is -2.90. The molecule has 0 saturated carbocycles. The lowest BCUT2D eigenvalue weighted by atomic mass is 10.0. The number of nitrogens with one attached hydrogen (secondary N) is 1. The van der Waals surface area contributed by atoms with Crippen LogP contribution in [-0.4, -0.2) is 30.4 Å². The summed E-state index contributed by atoms with van der Waals surface area (Å²) in [6, 6.07) is 6.14. The molecule has 19 heavy (non-hydrogen) atoms. The van der Waals surface area contributed by atoms with Crippen molar-refractivity contribution >= 4 is 36.5 Å². The number of fused-ring (bicyclic) bond motifs is 1. The third kappa shape index (κ3) is 2.60. The van der Waals surface area contributed by atoms with Crippen molar-refractivity contribution in [3.8, 4) is 0 Å². The number of anilines is 1. The van der Waals surface area contributed by atoms with E-state index in [4.69, 9.17) is 0 Å². The Morgan fingerprint density at radius 1 is 1.42 bits per heavy atom. The molecule has 0 radical (unpaired) electrons. The monoisotopic (exact) mass is 296 g/mol. The molecule has 0 aliphatic carbocycles. The molecule has 1 atom stereocenters. The first-order chi connectivity index (χ1) is 8.85. The first-order valence-electron chi connectivity index (χ1n) is 6.21. The number of benzene rings is 1. The molecule has 2 heterocycles. The molecule has 1 aromatic carbocycles. The van der Waals surface area contributed by atoms with Gasteiger partial charge in [-0.1, -0.05) is 17.4 Å². The number of hydrogen-bond donors (Lipinski definition) is 1. The first kappa shape index (κ1) is 12.9. The van der Waals surface area contributed by atoms with E-state index in [0.29, 0.717) is 6.42 Å². The molecule has 0 bridgehead atoms. The Labute approximate surface area is 116 Å². The van der Waals surface area contributed by atoms with Gasteiger partial charge in [0.25, 0.3) is 0 Å². The first-order valence-corrected chi connectivity index (χ1v) is 8.85. The van der Waals surface area contributed by atoms with Gasteiger partial charge in [-0.05, 0) is 38.0 Å². The summed E-state index contributed by atoms with van der Waals surface area (Å²) >= 11 is 1.58. The van der Waals surface area contributed by atoms with Crippen LogP contribution in [0.3, 0.4) is 0 Å². The quantitative estimate of drug-likeness (QED) is 0.925. The van der Waals surface area contributed by atoms with E-state index in [1.54, 1.807) is 11.3 Å². The summed E-state index contributed by atoms with van der Waals surface area (Å²) in [6.45, 7) is 4.01. The van der Waals surface area contributed by atoms with Crippen molar-refractivity contribution in [1.29, 1.82) is 0 Å². The molecule has 4 nitrogen and oxygen atoms in total. The van der Waals surface area contributed by atoms with Gasteiger partial charge in [0.2, 0.25) is 0 Å². The Morgan fingerprint density at radius 3 is 2.89 bits per heavy atom. The Hall–Kier alpha value is -1.14. The number of aryl methyl sites for hydroxylation is 1. The summed E-state index contributed by atoms with van der Waals surface area (Å²) in [4.78, 5) is 4.52. The van der Waals surface area contributed by atoms with Crippen LogP contribution >= 0.6 is 11.3 Å². The SMILES string of the molecule is Cc1ccc2nc(NC3(C)CCS(=O)(=O)C3)sc2c1. The number of rotatable bonds is 2. The molecule has 102 valence electrons. The van der Waals surface area contributed by atoms with Crippen LogP contribution in [-0.2, 0) is 9.84 Å². The van der Waals surface area contributed by atoms with E-state index in [1.165, 1.54) is 5.56 Å². The van der Waals surface area contributed by atoms with E-state index in [0.717, 1.165) is 15.3 Å². The van der Waals surface area contributed by atoms with Gasteiger partial charge in [0, 0.05) is 0 Å². The summed E-state index contributed by atoms with van der Waals surface area (Å²) < 4.78 is 24.3. The average Bonchev–Trinajstić information content (AvgIpc) is 2.78. The highest BCUT2D eigenvalue weighted by molar-refractivity contribution is 7.91. The van der Waals surface area contributed by atoms with Crippen LogP contribution in [0.5, 0.6) is 0 Å². The molecule has 0 amide bonds. The van der Waals surface area contributed by atoms with Crippen LogP contribution in [0, 0.1) is 6.92 Å². The Balaban J connectivity index is 1.90. The highest BCUT2D eigenvalue weighted by Crippen LogP contribution is 2.32. The molecule has 1 aromatic heterocycles. The highest BCUT2D eigenvalue weighted by atomic mass is 32.2. The van der Waals surface area contributed by atoms with Crippen molar-refractivity contribution in [2.75, 3.05) is 16.8 Å². The number of sulfone groups is 1. The number of aromatic nitrogens is 1. The smallest absolute Gasteiger partial charge is 0.184 e. The van der Waals surface area contributed by atoms with E-state index in [-0.39, 0.29) is 17.0 Å². The highest BCUT2D eigenvalue weighted by Gasteiger charge is 2.38. The van der Waals surface area contributed by atoms with Crippen LogP contribution in [0.15, 0.2) is 18.2 Å². The topological polar surface area (TPSA) is 59.1 Å². The van der Waals surface area contributed by atoms with Gasteiger partial charge in [0.15, 0.2) is 15.0 Å². The Morgan fingerprint density at radius 2 is 2.21 bits per heavy atom. The van der Waals surface area contributed by atoms with Gasteiger partial charge in [-0.15, -0.1) is 0 Å². The van der Waals surface area contributed by atoms with Crippen LogP contribution in [0.1, 0.15) is 18.9 Å². The summed E-state index contributed by atoms with van der Waals surface area (Å²) in [5.74, 6) is 0.454. The van der Waals surface area contributed by atoms with Gasteiger partial charge < -0.3 is 5.32 Å². The molecular formula is C13H16N2O2S2. The minimum absolute atomic E-state index is 0.189. The molecular weight excluding hydrogens is 280 g/mol. The van der Waals surface area contributed by atoms with E-state index in [9.17, 15) is 8.42 Å². The van der Waals surface area contributed by atoms with Crippen molar-refractivity contribution in [1.82, 2.24) is 4.98 Å². The lowest BCUT2D eigenvalue weighted by Crippen LogP contribution is -2.35. The second-order valence-electron chi connectivity index (χ2n) is 5.52. The van der Waals surface area contributed by atoms with Gasteiger partial charge in [-0.3, -0.25) is 0 Å². The van der Waals surface area contributed by atoms with Crippen molar-refractivity contribution in [2.45, 2.75) is 25.8 Å². The van der Waals surface area contributed by atoms with Crippen molar-refractivity contribution < 1.29 is 8.42 Å². The number of thiazole rings is 1. The van der Waals surface area contributed by atoms with E-state index < -0.39 is 9.84 Å². The molecule has 2 aromatic rings. The molecule has 1 unspecified atom stereocenters. The predicted octanol–water partition coefficient (Wildman–Crippen LogP) is 2.59. The van der Waals surface area contributed by atoms with Crippen molar-refractivity contribution in [2.24, 2.45) is 0 Å². The molecule has 1 saturated heterocycles. The second kappa shape index (κ2) is 4.18. The lowest BCUT2D eigenvalue weighted by molar-refractivity contribution is 0.574. The number of hydrogen-bond acceptors (Lipinski definition) is 5. The van der Waals surface area contributed by atoms with Crippen LogP contribution in [0.4, 0.5) is 5.13 Å². The fourth-order valence-corrected chi connectivity index (χ4v) is 5.66. The van der Waals surface area contributed by atoms with Gasteiger partial charge in [-0.25, -0.2) is 13.4 Å². The third-order valence-corrected chi connectivity index (χ3v) is 6.29. The molecule has 3 rings (SSSR count).